The van der Waals surface area contributed by atoms with Crippen molar-refractivity contribution >= 4 is 35.5 Å². The first-order chi connectivity index (χ1) is 7.27. The SMILES string of the molecule is Cc1cccc(NCC2=NCCN2)c1C.I. The molecule has 1 heterocycles. The summed E-state index contributed by atoms with van der Waals surface area (Å²) in [5.74, 6) is 1.07. The predicted molar refractivity (Wildman–Crippen MR) is 80.1 cm³/mol. The zero-order chi connectivity index (χ0) is 10.7. The number of nitrogens with zero attached hydrogens (tertiary/aromatic N) is 1. The number of hydrogen-bond acceptors (Lipinski definition) is 3. The van der Waals surface area contributed by atoms with E-state index in [1.807, 2.05) is 0 Å². The molecule has 0 amide bonds. The second-order valence-electron chi connectivity index (χ2n) is 3.86. The lowest BCUT2D eigenvalue weighted by molar-refractivity contribution is 0.956. The van der Waals surface area contributed by atoms with E-state index < -0.39 is 0 Å². The molecule has 0 atom stereocenters. The lowest BCUT2D eigenvalue weighted by atomic mass is 10.1. The monoisotopic (exact) mass is 331 g/mol. The molecule has 0 aromatic heterocycles. The van der Waals surface area contributed by atoms with Crippen LogP contribution in [0.4, 0.5) is 5.69 Å². The van der Waals surface area contributed by atoms with Crippen molar-refractivity contribution in [2.75, 3.05) is 25.0 Å². The van der Waals surface area contributed by atoms with E-state index in [1.165, 1.54) is 16.8 Å². The molecule has 3 nitrogen and oxygen atoms in total. The van der Waals surface area contributed by atoms with Crippen molar-refractivity contribution in [1.29, 1.82) is 0 Å². The van der Waals surface area contributed by atoms with Crippen LogP contribution in [0.2, 0.25) is 0 Å². The van der Waals surface area contributed by atoms with Crippen LogP contribution < -0.4 is 10.6 Å². The third-order valence-corrected chi connectivity index (χ3v) is 2.79. The maximum Gasteiger partial charge on any atom is 0.116 e. The van der Waals surface area contributed by atoms with E-state index in [0.717, 1.165) is 25.5 Å². The number of aliphatic imine (C=N–C) groups is 1. The highest BCUT2D eigenvalue weighted by Crippen LogP contribution is 2.17. The zero-order valence-corrected chi connectivity index (χ0v) is 12.0. The van der Waals surface area contributed by atoms with Gasteiger partial charge < -0.3 is 10.6 Å². The molecular weight excluding hydrogens is 313 g/mol. The largest absolute Gasteiger partial charge is 0.378 e. The number of nitrogens with one attached hydrogen (secondary N) is 2. The summed E-state index contributed by atoms with van der Waals surface area (Å²) < 4.78 is 0. The summed E-state index contributed by atoms with van der Waals surface area (Å²) in [6.45, 7) is 6.95. The fourth-order valence-electron chi connectivity index (χ4n) is 1.69. The molecule has 0 bridgehead atoms. The Labute approximate surface area is 114 Å². The van der Waals surface area contributed by atoms with Crippen LogP contribution in [0.25, 0.3) is 0 Å². The van der Waals surface area contributed by atoms with Crippen molar-refractivity contribution in [1.82, 2.24) is 5.32 Å². The van der Waals surface area contributed by atoms with Crippen molar-refractivity contribution in [3.05, 3.63) is 29.3 Å². The van der Waals surface area contributed by atoms with E-state index in [1.54, 1.807) is 0 Å². The van der Waals surface area contributed by atoms with Crippen LogP contribution in [0.15, 0.2) is 23.2 Å². The Bertz CT molecular complexity index is 388. The molecule has 1 aromatic rings. The number of hydrogen-bond donors (Lipinski definition) is 2. The molecule has 0 radical (unpaired) electrons. The molecule has 2 N–H and O–H groups in total. The van der Waals surface area contributed by atoms with Gasteiger partial charge in [-0.25, -0.2) is 0 Å². The highest BCUT2D eigenvalue weighted by Gasteiger charge is 2.05. The molecule has 0 spiro atoms. The van der Waals surface area contributed by atoms with Gasteiger partial charge in [-0.3, -0.25) is 4.99 Å². The summed E-state index contributed by atoms with van der Waals surface area (Å²) in [4.78, 5) is 4.35. The van der Waals surface area contributed by atoms with Gasteiger partial charge in [0.25, 0.3) is 0 Å². The molecule has 88 valence electrons. The maximum atomic E-state index is 4.35. The summed E-state index contributed by atoms with van der Waals surface area (Å²) >= 11 is 0. The Morgan fingerprint density at radius 3 is 2.88 bits per heavy atom. The Hall–Kier alpha value is -0.780. The Kier molecular flexibility index (Phi) is 5.05. The Morgan fingerprint density at radius 1 is 1.38 bits per heavy atom. The number of halogens is 1. The average Bonchev–Trinajstić information content (AvgIpc) is 2.73. The second-order valence-corrected chi connectivity index (χ2v) is 3.86. The lowest BCUT2D eigenvalue weighted by Gasteiger charge is -2.11. The van der Waals surface area contributed by atoms with E-state index in [2.05, 4.69) is 47.7 Å². The molecule has 16 heavy (non-hydrogen) atoms. The fourth-order valence-corrected chi connectivity index (χ4v) is 1.69. The molecule has 1 aliphatic rings. The normalized spacial score (nSPS) is 13.8. The fraction of sp³-hybridized carbons (Fsp3) is 0.417. The zero-order valence-electron chi connectivity index (χ0n) is 9.71. The van der Waals surface area contributed by atoms with Crippen LogP contribution in [0, 0.1) is 13.8 Å². The van der Waals surface area contributed by atoms with Crippen LogP contribution in [-0.4, -0.2) is 25.5 Å². The minimum absolute atomic E-state index is 0. The minimum Gasteiger partial charge on any atom is -0.378 e. The van der Waals surface area contributed by atoms with Crippen molar-refractivity contribution in [3.8, 4) is 0 Å². The van der Waals surface area contributed by atoms with E-state index in [4.69, 9.17) is 0 Å². The Morgan fingerprint density at radius 2 is 2.19 bits per heavy atom. The van der Waals surface area contributed by atoms with Crippen LogP contribution in [0.3, 0.4) is 0 Å². The van der Waals surface area contributed by atoms with Gasteiger partial charge in [0.05, 0.1) is 13.1 Å². The van der Waals surface area contributed by atoms with Crippen molar-refractivity contribution in [3.63, 3.8) is 0 Å². The van der Waals surface area contributed by atoms with Crippen LogP contribution in [-0.2, 0) is 0 Å². The third kappa shape index (κ3) is 3.10. The number of anilines is 1. The maximum absolute atomic E-state index is 4.35. The quantitative estimate of drug-likeness (QED) is 0.834. The van der Waals surface area contributed by atoms with Gasteiger partial charge in [-0.05, 0) is 31.0 Å². The summed E-state index contributed by atoms with van der Waals surface area (Å²) in [7, 11) is 0. The van der Waals surface area contributed by atoms with Gasteiger partial charge in [0.1, 0.15) is 5.84 Å². The van der Waals surface area contributed by atoms with Crippen LogP contribution in [0.1, 0.15) is 11.1 Å². The molecular formula is C12H18IN3. The van der Waals surface area contributed by atoms with E-state index in [-0.39, 0.29) is 24.0 Å². The first-order valence-corrected chi connectivity index (χ1v) is 5.34. The topological polar surface area (TPSA) is 36.4 Å². The standard InChI is InChI=1S/C12H17N3.HI/c1-9-4-3-5-11(10(9)2)15-8-12-13-6-7-14-12;/h3-5,15H,6-8H2,1-2H3,(H,13,14);1H. The van der Waals surface area contributed by atoms with Crippen molar-refractivity contribution < 1.29 is 0 Å². The second kappa shape index (κ2) is 6.08. The van der Waals surface area contributed by atoms with Gasteiger partial charge >= 0.3 is 0 Å². The third-order valence-electron chi connectivity index (χ3n) is 2.79. The molecule has 0 saturated heterocycles. The van der Waals surface area contributed by atoms with Crippen LogP contribution in [0.5, 0.6) is 0 Å². The number of aryl methyl sites for hydroxylation is 1. The van der Waals surface area contributed by atoms with Gasteiger partial charge in [0.15, 0.2) is 0 Å². The first kappa shape index (κ1) is 13.3. The van der Waals surface area contributed by atoms with Crippen LogP contribution >= 0.6 is 24.0 Å². The first-order valence-electron chi connectivity index (χ1n) is 5.34. The van der Waals surface area contributed by atoms with Gasteiger partial charge in [-0.15, -0.1) is 24.0 Å². The molecule has 0 saturated carbocycles. The summed E-state index contributed by atoms with van der Waals surface area (Å²) in [6, 6.07) is 6.32. The van der Waals surface area contributed by atoms with Gasteiger partial charge in [0, 0.05) is 12.2 Å². The van der Waals surface area contributed by atoms with E-state index in [0.29, 0.717) is 0 Å². The van der Waals surface area contributed by atoms with Gasteiger partial charge in [0.2, 0.25) is 0 Å². The van der Waals surface area contributed by atoms with E-state index in [9.17, 15) is 0 Å². The van der Waals surface area contributed by atoms with Gasteiger partial charge in [-0.1, -0.05) is 12.1 Å². The lowest BCUT2D eigenvalue weighted by Crippen LogP contribution is -2.26. The predicted octanol–water partition coefficient (Wildman–Crippen LogP) is 2.34. The van der Waals surface area contributed by atoms with Crippen molar-refractivity contribution in [2.24, 2.45) is 4.99 Å². The smallest absolute Gasteiger partial charge is 0.116 e. The number of benzene rings is 1. The summed E-state index contributed by atoms with van der Waals surface area (Å²) in [5.41, 5.74) is 3.84. The number of amidine groups is 1. The molecule has 1 aliphatic heterocycles. The minimum atomic E-state index is 0. The molecule has 4 heteroatoms. The number of rotatable bonds is 3. The summed E-state index contributed by atoms with van der Waals surface area (Å²) in [5, 5.41) is 6.65. The molecule has 0 aliphatic carbocycles. The van der Waals surface area contributed by atoms with Crippen molar-refractivity contribution in [2.45, 2.75) is 13.8 Å². The average molecular weight is 331 g/mol. The highest BCUT2D eigenvalue weighted by molar-refractivity contribution is 14.0. The van der Waals surface area contributed by atoms with Gasteiger partial charge in [-0.2, -0.15) is 0 Å². The highest BCUT2D eigenvalue weighted by atomic mass is 127. The summed E-state index contributed by atoms with van der Waals surface area (Å²) in [6.07, 6.45) is 0. The molecule has 0 fully saturated rings. The molecule has 2 rings (SSSR count). The molecule has 0 unspecified atom stereocenters. The molecule has 1 aromatic carbocycles. The van der Waals surface area contributed by atoms with E-state index >= 15 is 0 Å². The Balaban J connectivity index is 0.00000128.